The number of halogens is 1. The molecule has 4 rings (SSSR count). The second-order valence-corrected chi connectivity index (χ2v) is 10.9. The Balaban J connectivity index is 1.47. The van der Waals surface area contributed by atoms with Crippen molar-refractivity contribution >= 4 is 66.3 Å². The predicted octanol–water partition coefficient (Wildman–Crippen LogP) is 2.37. The number of sulfonamides is 1. The van der Waals surface area contributed by atoms with Gasteiger partial charge in [0.2, 0.25) is 5.91 Å². The Kier molecular flexibility index (Phi) is 5.34. The van der Waals surface area contributed by atoms with Crippen molar-refractivity contribution in [2.24, 2.45) is 5.73 Å². The van der Waals surface area contributed by atoms with E-state index in [9.17, 15) is 13.2 Å². The van der Waals surface area contributed by atoms with E-state index in [1.54, 1.807) is 23.1 Å². The number of fused-ring (bicyclic) bond motifs is 1. The molecule has 0 radical (unpaired) electrons. The number of amidine groups is 1. The highest BCUT2D eigenvalue weighted by Crippen LogP contribution is 2.29. The Morgan fingerprint density at radius 2 is 2.21 bits per heavy atom. The average Bonchev–Trinajstić information content (AvgIpc) is 3.36. The van der Waals surface area contributed by atoms with E-state index < -0.39 is 16.1 Å². The van der Waals surface area contributed by atoms with Crippen molar-refractivity contribution in [3.8, 4) is 0 Å². The van der Waals surface area contributed by atoms with Gasteiger partial charge in [-0.1, -0.05) is 11.6 Å². The van der Waals surface area contributed by atoms with Gasteiger partial charge in [-0.2, -0.15) is 4.72 Å². The van der Waals surface area contributed by atoms with Gasteiger partial charge in [-0.15, -0.1) is 22.7 Å². The van der Waals surface area contributed by atoms with Gasteiger partial charge in [-0.3, -0.25) is 10.2 Å². The summed E-state index contributed by atoms with van der Waals surface area (Å²) in [4.78, 5) is 19.0. The summed E-state index contributed by atoms with van der Waals surface area (Å²) in [5.74, 6) is -0.287. The Morgan fingerprint density at radius 3 is 2.93 bits per heavy atom. The number of hydrogen-bond donors (Lipinski definition) is 3. The molecule has 29 heavy (non-hydrogen) atoms. The summed E-state index contributed by atoms with van der Waals surface area (Å²) in [7, 11) is -3.86. The molecule has 1 saturated heterocycles. The van der Waals surface area contributed by atoms with Gasteiger partial charge in [0.25, 0.3) is 10.0 Å². The minimum atomic E-state index is -3.86. The Hall–Kier alpha value is -2.05. The van der Waals surface area contributed by atoms with Gasteiger partial charge in [0.15, 0.2) is 0 Å². The molecule has 12 heteroatoms. The zero-order valence-electron chi connectivity index (χ0n) is 14.9. The summed E-state index contributed by atoms with van der Waals surface area (Å²) in [6.07, 6.45) is 0.386. The Morgan fingerprint density at radius 1 is 1.41 bits per heavy atom. The predicted molar refractivity (Wildman–Crippen MR) is 114 cm³/mol. The number of rotatable bonds is 6. The molecule has 3 aromatic heterocycles. The van der Waals surface area contributed by atoms with Crippen LogP contribution in [0.25, 0.3) is 10.2 Å². The fourth-order valence-electron chi connectivity index (χ4n) is 3.08. The highest BCUT2D eigenvalue weighted by atomic mass is 35.5. The zero-order valence-corrected chi connectivity index (χ0v) is 18.1. The number of nitrogens with two attached hydrogens (primary N) is 1. The van der Waals surface area contributed by atoms with Crippen molar-refractivity contribution < 1.29 is 13.2 Å². The lowest BCUT2D eigenvalue weighted by molar-refractivity contribution is -0.129. The molecule has 1 amide bonds. The molecule has 0 saturated carbocycles. The molecular formula is C17H16ClN5O3S3. The largest absolute Gasteiger partial charge is 0.383 e. The van der Waals surface area contributed by atoms with Crippen molar-refractivity contribution in [1.29, 1.82) is 5.41 Å². The number of carbonyl (C=O) groups excluding carboxylic acids is 1. The third-order valence-electron chi connectivity index (χ3n) is 4.47. The van der Waals surface area contributed by atoms with Gasteiger partial charge in [-0.05, 0) is 41.6 Å². The van der Waals surface area contributed by atoms with Gasteiger partial charge in [-0.25, -0.2) is 13.4 Å². The lowest BCUT2D eigenvalue weighted by Gasteiger charge is -2.16. The average molecular weight is 470 g/mol. The number of hydrogen-bond acceptors (Lipinski definition) is 7. The summed E-state index contributed by atoms with van der Waals surface area (Å²) >= 11 is 8.28. The molecule has 4 N–H and O–H groups in total. The van der Waals surface area contributed by atoms with Gasteiger partial charge >= 0.3 is 0 Å². The van der Waals surface area contributed by atoms with E-state index in [4.69, 9.17) is 22.7 Å². The van der Waals surface area contributed by atoms with Crippen LogP contribution >= 0.6 is 34.3 Å². The molecule has 0 aliphatic carbocycles. The van der Waals surface area contributed by atoms with E-state index in [0.29, 0.717) is 34.6 Å². The summed E-state index contributed by atoms with van der Waals surface area (Å²) in [5.41, 5.74) is 6.84. The molecular weight excluding hydrogens is 454 g/mol. The fraction of sp³-hybridized carbons (Fsp3) is 0.235. The summed E-state index contributed by atoms with van der Waals surface area (Å²) in [6.45, 7) is 0.799. The lowest BCUT2D eigenvalue weighted by atomic mass is 10.3. The molecule has 1 fully saturated rings. The number of nitrogens with one attached hydrogen (secondary N) is 2. The first kappa shape index (κ1) is 20.2. The number of pyridine rings is 1. The van der Waals surface area contributed by atoms with E-state index in [1.165, 1.54) is 17.4 Å². The molecule has 4 heterocycles. The number of nitrogen functional groups attached to an aromatic ring is 1. The van der Waals surface area contributed by atoms with Gasteiger partial charge in [0.05, 0.1) is 15.1 Å². The molecule has 1 unspecified atom stereocenters. The molecule has 0 spiro atoms. The highest BCUT2D eigenvalue weighted by Gasteiger charge is 2.35. The number of likely N-dealkylation sites (tertiary alicyclic amines) is 1. The number of thiophene rings is 2. The zero-order chi connectivity index (χ0) is 20.8. The van der Waals surface area contributed by atoms with Crippen LogP contribution < -0.4 is 10.5 Å². The van der Waals surface area contributed by atoms with E-state index in [2.05, 4.69) is 9.71 Å². The van der Waals surface area contributed by atoms with Crippen LogP contribution in [0.5, 0.6) is 0 Å². The Bertz CT molecular complexity index is 1220. The molecule has 1 atom stereocenters. The lowest BCUT2D eigenvalue weighted by Crippen LogP contribution is -2.41. The van der Waals surface area contributed by atoms with Crippen molar-refractivity contribution in [1.82, 2.24) is 14.6 Å². The first-order valence-corrected chi connectivity index (χ1v) is 12.1. The van der Waals surface area contributed by atoms with Crippen LogP contribution in [-0.2, 0) is 21.4 Å². The number of nitrogens with zero attached hydrogens (tertiary/aromatic N) is 2. The van der Waals surface area contributed by atoms with E-state index in [0.717, 1.165) is 16.9 Å². The van der Waals surface area contributed by atoms with Crippen LogP contribution in [-0.4, -0.2) is 42.6 Å². The molecule has 0 bridgehead atoms. The van der Waals surface area contributed by atoms with Crippen LogP contribution in [0.1, 0.15) is 16.9 Å². The molecule has 152 valence electrons. The van der Waals surface area contributed by atoms with Crippen LogP contribution in [0.3, 0.4) is 0 Å². The quantitative estimate of drug-likeness (QED) is 0.290. The van der Waals surface area contributed by atoms with E-state index >= 15 is 0 Å². The van der Waals surface area contributed by atoms with Crippen molar-refractivity contribution in [3.63, 3.8) is 0 Å². The van der Waals surface area contributed by atoms with Crippen LogP contribution in [0, 0.1) is 5.41 Å². The molecule has 1 aliphatic heterocycles. The number of amides is 1. The smallest absolute Gasteiger partial charge is 0.250 e. The van der Waals surface area contributed by atoms with Crippen molar-refractivity contribution in [2.45, 2.75) is 23.2 Å². The SMILES string of the molecule is N=C(N)c1cc(CN2CCC(NS(=O)(=O)c3cc4nc(Cl)ccc4s3)C2=O)cs1. The van der Waals surface area contributed by atoms with E-state index in [-0.39, 0.29) is 21.1 Å². The second kappa shape index (κ2) is 7.65. The first-order chi connectivity index (χ1) is 13.7. The van der Waals surface area contributed by atoms with Gasteiger partial charge < -0.3 is 10.6 Å². The Labute approximate surface area is 179 Å². The third-order valence-corrected chi connectivity index (χ3v) is 8.73. The number of aromatic nitrogens is 1. The normalized spacial score (nSPS) is 17.3. The maximum Gasteiger partial charge on any atom is 0.250 e. The molecule has 1 aliphatic rings. The third kappa shape index (κ3) is 4.14. The van der Waals surface area contributed by atoms with Gasteiger partial charge in [0.1, 0.15) is 21.2 Å². The molecule has 0 aromatic carbocycles. The van der Waals surface area contributed by atoms with Crippen LogP contribution in [0.4, 0.5) is 0 Å². The minimum absolute atomic E-state index is 0.0150. The molecule has 3 aromatic rings. The van der Waals surface area contributed by atoms with Crippen molar-refractivity contribution in [2.75, 3.05) is 6.54 Å². The monoisotopic (exact) mass is 469 g/mol. The van der Waals surface area contributed by atoms with Gasteiger partial charge in [0, 0.05) is 13.1 Å². The summed E-state index contributed by atoms with van der Waals surface area (Å²) in [6, 6.07) is 5.73. The van der Waals surface area contributed by atoms with Crippen LogP contribution in [0.15, 0.2) is 33.9 Å². The first-order valence-electron chi connectivity index (χ1n) is 8.52. The fourth-order valence-corrected chi connectivity index (χ4v) is 6.56. The highest BCUT2D eigenvalue weighted by molar-refractivity contribution is 7.91. The summed E-state index contributed by atoms with van der Waals surface area (Å²) in [5, 5.41) is 9.59. The maximum atomic E-state index is 12.8. The second-order valence-electron chi connectivity index (χ2n) is 6.54. The molecule has 8 nitrogen and oxygen atoms in total. The summed E-state index contributed by atoms with van der Waals surface area (Å²) < 4.78 is 28.8. The van der Waals surface area contributed by atoms with Crippen LogP contribution in [0.2, 0.25) is 5.15 Å². The topological polar surface area (TPSA) is 129 Å². The number of carbonyl (C=O) groups is 1. The maximum absolute atomic E-state index is 12.8. The minimum Gasteiger partial charge on any atom is -0.383 e. The van der Waals surface area contributed by atoms with E-state index in [1.807, 2.05) is 5.38 Å². The standard InChI is InChI=1S/C17H16ClN5O3S3/c18-14-2-1-12-11(21-14)6-15(28-12)29(25,26)22-10-3-4-23(17(10)24)7-9-5-13(16(19)20)27-8-9/h1-2,5-6,8,10,22H,3-4,7H2,(H3,19,20). The van der Waals surface area contributed by atoms with Crippen molar-refractivity contribution in [3.05, 3.63) is 45.2 Å².